The van der Waals surface area contributed by atoms with Gasteiger partial charge in [-0.3, -0.25) is 4.90 Å². The number of phenols is 1. The zero-order valence-electron chi connectivity index (χ0n) is 12.2. The van der Waals surface area contributed by atoms with Crippen LogP contribution in [0, 0.1) is 0 Å². The van der Waals surface area contributed by atoms with Crippen LogP contribution in [0.2, 0.25) is 0 Å². The van der Waals surface area contributed by atoms with E-state index >= 15 is 0 Å². The average molecular weight is 267 g/mol. The van der Waals surface area contributed by atoms with Gasteiger partial charge in [0.2, 0.25) is 0 Å². The highest BCUT2D eigenvalue weighted by atomic mass is 16.5. The number of hydrogen-bond donors (Lipinski definition) is 2. The highest BCUT2D eigenvalue weighted by Gasteiger charge is 2.16. The van der Waals surface area contributed by atoms with Crippen LogP contribution in [0.4, 0.5) is 0 Å². The minimum Gasteiger partial charge on any atom is -0.508 e. The lowest BCUT2D eigenvalue weighted by atomic mass is 10.1. The second-order valence-corrected chi connectivity index (χ2v) is 5.25. The molecule has 0 saturated carbocycles. The predicted octanol–water partition coefficient (Wildman–Crippen LogP) is 2.17. The van der Waals surface area contributed by atoms with Gasteiger partial charge in [-0.25, -0.2) is 0 Å². The summed E-state index contributed by atoms with van der Waals surface area (Å²) in [6.45, 7) is 6.82. The van der Waals surface area contributed by atoms with Crippen LogP contribution in [0.3, 0.4) is 0 Å². The minimum atomic E-state index is -0.507. The fraction of sp³-hybridized carbons (Fsp3) is 0.600. The fourth-order valence-corrected chi connectivity index (χ4v) is 1.89. The number of aromatic hydroxyl groups is 1. The van der Waals surface area contributed by atoms with Crippen LogP contribution in [0.1, 0.15) is 32.4 Å². The van der Waals surface area contributed by atoms with E-state index in [9.17, 15) is 10.2 Å². The van der Waals surface area contributed by atoms with Gasteiger partial charge in [-0.15, -0.1) is 0 Å². The molecule has 0 amide bonds. The summed E-state index contributed by atoms with van der Waals surface area (Å²) in [4.78, 5) is 2.04. The van der Waals surface area contributed by atoms with Gasteiger partial charge in [0.05, 0.1) is 18.8 Å². The normalized spacial score (nSPS) is 14.9. The first-order valence-corrected chi connectivity index (χ1v) is 6.69. The van der Waals surface area contributed by atoms with E-state index in [1.54, 1.807) is 12.1 Å². The summed E-state index contributed by atoms with van der Waals surface area (Å²) in [5, 5.41) is 19.4. The third kappa shape index (κ3) is 5.59. The third-order valence-corrected chi connectivity index (χ3v) is 3.13. The maximum Gasteiger partial charge on any atom is 0.115 e. The Hall–Kier alpha value is -1.10. The van der Waals surface area contributed by atoms with E-state index in [0.717, 1.165) is 5.56 Å². The van der Waals surface area contributed by atoms with Gasteiger partial charge in [0.15, 0.2) is 0 Å². The van der Waals surface area contributed by atoms with Crippen LogP contribution in [0.5, 0.6) is 5.75 Å². The van der Waals surface area contributed by atoms with E-state index < -0.39 is 6.10 Å². The average Bonchev–Trinajstić information content (AvgIpc) is 2.35. The number of aliphatic hydroxyl groups is 1. The first-order chi connectivity index (χ1) is 8.90. The fourth-order valence-electron chi connectivity index (χ4n) is 1.89. The number of hydrogen-bond acceptors (Lipinski definition) is 4. The first-order valence-electron chi connectivity index (χ1n) is 6.69. The molecule has 4 nitrogen and oxygen atoms in total. The molecule has 1 rings (SSSR count). The molecule has 0 aromatic heterocycles. The monoisotopic (exact) mass is 267 g/mol. The molecular weight excluding hydrogens is 242 g/mol. The second kappa shape index (κ2) is 7.48. The molecule has 0 heterocycles. The Balaban J connectivity index is 2.50. The molecule has 2 N–H and O–H groups in total. The van der Waals surface area contributed by atoms with E-state index in [1.807, 2.05) is 44.9 Å². The molecule has 4 heteroatoms. The Labute approximate surface area is 115 Å². The van der Waals surface area contributed by atoms with Gasteiger partial charge < -0.3 is 14.9 Å². The number of likely N-dealkylation sites (N-methyl/N-ethyl adjacent to an activating group) is 1. The molecule has 108 valence electrons. The molecule has 19 heavy (non-hydrogen) atoms. The molecule has 0 aliphatic heterocycles. The SMILES string of the molecule is CC(C)OCC(O)CN(C)C(C)c1cccc(O)c1. The van der Waals surface area contributed by atoms with Crippen molar-refractivity contribution in [2.75, 3.05) is 20.2 Å². The summed E-state index contributed by atoms with van der Waals surface area (Å²) in [5.74, 6) is 0.265. The van der Waals surface area contributed by atoms with E-state index in [2.05, 4.69) is 0 Å². The minimum absolute atomic E-state index is 0.126. The van der Waals surface area contributed by atoms with Crippen LogP contribution in [-0.4, -0.2) is 47.5 Å². The van der Waals surface area contributed by atoms with Crippen molar-refractivity contribution in [3.05, 3.63) is 29.8 Å². The summed E-state index contributed by atoms with van der Waals surface area (Å²) in [7, 11) is 1.95. The molecule has 2 unspecified atom stereocenters. The van der Waals surface area contributed by atoms with Gasteiger partial charge in [-0.05, 0) is 45.5 Å². The van der Waals surface area contributed by atoms with Crippen LogP contribution in [-0.2, 0) is 4.74 Å². The molecule has 0 fully saturated rings. The van der Waals surface area contributed by atoms with Crippen molar-refractivity contribution in [3.8, 4) is 5.75 Å². The summed E-state index contributed by atoms with van der Waals surface area (Å²) < 4.78 is 5.39. The Morgan fingerprint density at radius 3 is 2.53 bits per heavy atom. The number of phenolic OH excluding ortho intramolecular Hbond substituents is 1. The number of aliphatic hydroxyl groups excluding tert-OH is 1. The van der Waals surface area contributed by atoms with E-state index in [-0.39, 0.29) is 17.9 Å². The molecule has 0 bridgehead atoms. The van der Waals surface area contributed by atoms with Crippen LogP contribution in [0.15, 0.2) is 24.3 Å². The molecule has 0 aliphatic carbocycles. The van der Waals surface area contributed by atoms with Gasteiger partial charge in [0, 0.05) is 12.6 Å². The molecule has 2 atom stereocenters. The van der Waals surface area contributed by atoms with Gasteiger partial charge in [-0.1, -0.05) is 12.1 Å². The van der Waals surface area contributed by atoms with E-state index in [0.29, 0.717) is 13.2 Å². The van der Waals surface area contributed by atoms with E-state index in [1.165, 1.54) is 0 Å². The topological polar surface area (TPSA) is 52.9 Å². The van der Waals surface area contributed by atoms with Crippen molar-refractivity contribution in [1.29, 1.82) is 0 Å². The number of benzene rings is 1. The zero-order valence-corrected chi connectivity index (χ0v) is 12.2. The zero-order chi connectivity index (χ0) is 14.4. The molecule has 0 saturated heterocycles. The quantitative estimate of drug-likeness (QED) is 0.795. The van der Waals surface area contributed by atoms with Crippen LogP contribution >= 0.6 is 0 Å². The maximum atomic E-state index is 9.90. The molecule has 1 aromatic carbocycles. The summed E-state index contributed by atoms with van der Waals surface area (Å²) in [5.41, 5.74) is 1.03. The van der Waals surface area contributed by atoms with E-state index in [4.69, 9.17) is 4.74 Å². The molecule has 0 radical (unpaired) electrons. The highest BCUT2D eigenvalue weighted by Crippen LogP contribution is 2.22. The van der Waals surface area contributed by atoms with Crippen molar-refractivity contribution < 1.29 is 14.9 Å². The van der Waals surface area contributed by atoms with Crippen LogP contribution < -0.4 is 0 Å². The van der Waals surface area contributed by atoms with Crippen molar-refractivity contribution >= 4 is 0 Å². The molecule has 1 aromatic rings. The predicted molar refractivity (Wildman–Crippen MR) is 76.2 cm³/mol. The summed E-state index contributed by atoms with van der Waals surface area (Å²) in [6.07, 6.45) is -0.379. The maximum absolute atomic E-state index is 9.90. The second-order valence-electron chi connectivity index (χ2n) is 5.25. The Morgan fingerprint density at radius 2 is 1.95 bits per heavy atom. The van der Waals surface area contributed by atoms with Crippen LogP contribution in [0.25, 0.3) is 0 Å². The molecule has 0 spiro atoms. The molecule has 0 aliphatic rings. The smallest absolute Gasteiger partial charge is 0.115 e. The van der Waals surface area contributed by atoms with Gasteiger partial charge >= 0.3 is 0 Å². The lowest BCUT2D eigenvalue weighted by molar-refractivity contribution is -0.00950. The Bertz CT molecular complexity index is 381. The van der Waals surface area contributed by atoms with Gasteiger partial charge in [0.1, 0.15) is 5.75 Å². The van der Waals surface area contributed by atoms with Crippen molar-refractivity contribution in [3.63, 3.8) is 0 Å². The standard InChI is InChI=1S/C15H25NO3/c1-11(2)19-10-15(18)9-16(4)12(3)13-6-5-7-14(17)8-13/h5-8,11-12,15,17-18H,9-10H2,1-4H3. The third-order valence-electron chi connectivity index (χ3n) is 3.13. The first kappa shape index (κ1) is 16.0. The van der Waals surface area contributed by atoms with Crippen molar-refractivity contribution in [2.24, 2.45) is 0 Å². The largest absolute Gasteiger partial charge is 0.508 e. The highest BCUT2D eigenvalue weighted by molar-refractivity contribution is 5.29. The van der Waals surface area contributed by atoms with Gasteiger partial charge in [-0.2, -0.15) is 0 Å². The number of rotatable bonds is 7. The Morgan fingerprint density at radius 1 is 1.26 bits per heavy atom. The Kier molecular flexibility index (Phi) is 6.28. The number of ether oxygens (including phenoxy) is 1. The lowest BCUT2D eigenvalue weighted by Gasteiger charge is -2.27. The van der Waals surface area contributed by atoms with Crippen molar-refractivity contribution in [1.82, 2.24) is 4.90 Å². The summed E-state index contributed by atoms with van der Waals surface area (Å²) in [6, 6.07) is 7.33. The van der Waals surface area contributed by atoms with Crippen molar-refractivity contribution in [2.45, 2.75) is 39.0 Å². The summed E-state index contributed by atoms with van der Waals surface area (Å²) >= 11 is 0. The number of nitrogens with zero attached hydrogens (tertiary/aromatic N) is 1. The molecular formula is C15H25NO3. The van der Waals surface area contributed by atoms with Gasteiger partial charge in [0.25, 0.3) is 0 Å². The lowest BCUT2D eigenvalue weighted by Crippen LogP contribution is -2.34.